The van der Waals surface area contributed by atoms with Gasteiger partial charge in [0.2, 0.25) is 15.9 Å². The van der Waals surface area contributed by atoms with Crippen LogP contribution in [0.1, 0.15) is 32.3 Å². The van der Waals surface area contributed by atoms with Crippen LogP contribution in [0, 0.1) is 0 Å². The van der Waals surface area contributed by atoms with Crippen molar-refractivity contribution in [1.29, 1.82) is 0 Å². The highest BCUT2D eigenvalue weighted by molar-refractivity contribution is 7.89. The Labute approximate surface area is 160 Å². The Morgan fingerprint density at radius 2 is 1.89 bits per heavy atom. The highest BCUT2D eigenvalue weighted by Gasteiger charge is 2.22. The average molecular weight is 388 g/mol. The standard InChI is InChI=1S/C20H24N2O4S/c1-15(2)26-18-6-3-5-16(13-18)14-21-27(24,25)19-10-8-17(9-11-19)22-12-4-7-20(22)23/h3,5-6,8-11,13,15,21H,4,7,12,14H2,1-2H3. The maximum absolute atomic E-state index is 12.5. The second-order valence-electron chi connectivity index (χ2n) is 6.78. The van der Waals surface area contributed by atoms with Crippen molar-refractivity contribution in [3.8, 4) is 5.75 Å². The van der Waals surface area contributed by atoms with E-state index >= 15 is 0 Å². The second kappa shape index (κ2) is 8.10. The minimum Gasteiger partial charge on any atom is -0.491 e. The van der Waals surface area contributed by atoms with Crippen molar-refractivity contribution in [1.82, 2.24) is 4.72 Å². The molecule has 144 valence electrons. The Morgan fingerprint density at radius 3 is 2.52 bits per heavy atom. The molecule has 6 nitrogen and oxygen atoms in total. The van der Waals surface area contributed by atoms with Gasteiger partial charge in [-0.15, -0.1) is 0 Å². The van der Waals surface area contributed by atoms with Gasteiger partial charge in [0, 0.05) is 25.2 Å². The van der Waals surface area contributed by atoms with Gasteiger partial charge in [0.05, 0.1) is 11.0 Å². The first-order valence-electron chi connectivity index (χ1n) is 9.01. The van der Waals surface area contributed by atoms with Gasteiger partial charge in [-0.05, 0) is 62.2 Å². The minimum atomic E-state index is -3.64. The first-order chi connectivity index (χ1) is 12.8. The number of rotatable bonds is 7. The molecule has 1 N–H and O–H groups in total. The molecule has 0 aliphatic carbocycles. The summed E-state index contributed by atoms with van der Waals surface area (Å²) in [5.74, 6) is 0.786. The van der Waals surface area contributed by atoms with Gasteiger partial charge in [-0.2, -0.15) is 0 Å². The zero-order valence-electron chi connectivity index (χ0n) is 15.5. The fourth-order valence-corrected chi connectivity index (χ4v) is 4.01. The van der Waals surface area contributed by atoms with Gasteiger partial charge in [0.15, 0.2) is 0 Å². The molecule has 27 heavy (non-hydrogen) atoms. The summed E-state index contributed by atoms with van der Waals surface area (Å²) in [4.78, 5) is 13.7. The summed E-state index contributed by atoms with van der Waals surface area (Å²) in [6.45, 7) is 4.73. The normalized spacial score (nSPS) is 14.8. The highest BCUT2D eigenvalue weighted by atomic mass is 32.2. The first kappa shape index (κ1) is 19.4. The van der Waals surface area contributed by atoms with Gasteiger partial charge in [0.25, 0.3) is 0 Å². The van der Waals surface area contributed by atoms with E-state index in [0.29, 0.717) is 18.7 Å². The molecular formula is C20H24N2O4S. The number of nitrogens with zero attached hydrogens (tertiary/aromatic N) is 1. The van der Waals surface area contributed by atoms with Gasteiger partial charge in [-0.1, -0.05) is 12.1 Å². The maximum atomic E-state index is 12.5. The van der Waals surface area contributed by atoms with Crippen molar-refractivity contribution >= 4 is 21.6 Å². The summed E-state index contributed by atoms with van der Waals surface area (Å²) in [6, 6.07) is 13.8. The molecule has 1 amide bonds. The van der Waals surface area contributed by atoms with Gasteiger partial charge in [-0.3, -0.25) is 4.79 Å². The Balaban J connectivity index is 1.67. The van der Waals surface area contributed by atoms with E-state index in [1.807, 2.05) is 38.1 Å². The SMILES string of the molecule is CC(C)Oc1cccc(CNS(=O)(=O)c2ccc(N3CCCC3=O)cc2)c1. The van der Waals surface area contributed by atoms with Crippen LogP contribution in [-0.2, 0) is 21.4 Å². The highest BCUT2D eigenvalue weighted by Crippen LogP contribution is 2.23. The number of anilines is 1. The summed E-state index contributed by atoms with van der Waals surface area (Å²) in [7, 11) is -3.64. The summed E-state index contributed by atoms with van der Waals surface area (Å²) in [5, 5.41) is 0. The van der Waals surface area contributed by atoms with Crippen LogP contribution in [0.4, 0.5) is 5.69 Å². The largest absolute Gasteiger partial charge is 0.491 e. The summed E-state index contributed by atoms with van der Waals surface area (Å²) in [5.41, 5.74) is 1.55. The molecule has 0 spiro atoms. The summed E-state index contributed by atoms with van der Waals surface area (Å²) < 4.78 is 33.3. The molecular weight excluding hydrogens is 364 g/mol. The lowest BCUT2D eigenvalue weighted by Gasteiger charge is -2.16. The van der Waals surface area contributed by atoms with Crippen LogP contribution in [-0.4, -0.2) is 27.0 Å². The predicted molar refractivity (Wildman–Crippen MR) is 104 cm³/mol. The van der Waals surface area contributed by atoms with Crippen LogP contribution in [0.2, 0.25) is 0 Å². The number of hydrogen-bond donors (Lipinski definition) is 1. The molecule has 7 heteroatoms. The van der Waals surface area contributed by atoms with Crippen molar-refractivity contribution in [2.24, 2.45) is 0 Å². The van der Waals surface area contributed by atoms with Gasteiger partial charge < -0.3 is 9.64 Å². The number of hydrogen-bond acceptors (Lipinski definition) is 4. The molecule has 1 fully saturated rings. The van der Waals surface area contributed by atoms with Gasteiger partial charge >= 0.3 is 0 Å². The van der Waals surface area contributed by atoms with Crippen molar-refractivity contribution in [3.63, 3.8) is 0 Å². The van der Waals surface area contributed by atoms with Gasteiger partial charge in [-0.25, -0.2) is 13.1 Å². The number of carbonyl (C=O) groups is 1. The molecule has 3 rings (SSSR count). The summed E-state index contributed by atoms with van der Waals surface area (Å²) in [6.07, 6.45) is 1.43. The van der Waals surface area contributed by atoms with Crippen molar-refractivity contribution in [2.45, 2.75) is 44.2 Å². The molecule has 0 unspecified atom stereocenters. The molecule has 2 aromatic carbocycles. The third kappa shape index (κ3) is 4.87. The fraction of sp³-hybridized carbons (Fsp3) is 0.350. The van der Waals surface area contributed by atoms with E-state index in [1.165, 1.54) is 12.1 Å². The molecule has 1 aliphatic rings. The van der Waals surface area contributed by atoms with E-state index in [9.17, 15) is 13.2 Å². The lowest BCUT2D eigenvalue weighted by molar-refractivity contribution is -0.117. The van der Waals surface area contributed by atoms with Crippen LogP contribution in [0.25, 0.3) is 0 Å². The zero-order chi connectivity index (χ0) is 19.4. The van der Waals surface area contributed by atoms with Gasteiger partial charge in [0.1, 0.15) is 5.75 Å². The number of benzene rings is 2. The number of carbonyl (C=O) groups excluding carboxylic acids is 1. The molecule has 0 bridgehead atoms. The topological polar surface area (TPSA) is 75.7 Å². The van der Waals surface area contributed by atoms with E-state index in [2.05, 4.69) is 4.72 Å². The van der Waals surface area contributed by atoms with Crippen LogP contribution in [0.15, 0.2) is 53.4 Å². The fourth-order valence-electron chi connectivity index (χ4n) is 2.99. The zero-order valence-corrected chi connectivity index (χ0v) is 16.3. The molecule has 0 aromatic heterocycles. The molecule has 2 aromatic rings. The molecule has 0 atom stereocenters. The molecule has 0 saturated carbocycles. The lowest BCUT2D eigenvalue weighted by atomic mass is 10.2. The molecule has 0 radical (unpaired) electrons. The number of nitrogens with one attached hydrogen (secondary N) is 1. The minimum absolute atomic E-state index is 0.0537. The predicted octanol–water partition coefficient (Wildman–Crippen LogP) is 3.08. The Morgan fingerprint density at radius 1 is 1.15 bits per heavy atom. The number of sulfonamides is 1. The van der Waals surface area contributed by atoms with Crippen molar-refractivity contribution < 1.29 is 17.9 Å². The quantitative estimate of drug-likeness (QED) is 0.791. The van der Waals surface area contributed by atoms with Crippen molar-refractivity contribution in [3.05, 3.63) is 54.1 Å². The van der Waals surface area contributed by atoms with Crippen LogP contribution >= 0.6 is 0 Å². The van der Waals surface area contributed by atoms with E-state index in [4.69, 9.17) is 4.74 Å². The Hall–Kier alpha value is -2.38. The molecule has 1 heterocycles. The maximum Gasteiger partial charge on any atom is 0.240 e. The first-order valence-corrected chi connectivity index (χ1v) is 10.5. The molecule has 1 saturated heterocycles. The third-order valence-electron chi connectivity index (χ3n) is 4.27. The van der Waals surface area contributed by atoms with E-state index in [1.54, 1.807) is 17.0 Å². The van der Waals surface area contributed by atoms with E-state index < -0.39 is 10.0 Å². The molecule has 1 aliphatic heterocycles. The van der Waals surface area contributed by atoms with E-state index in [0.717, 1.165) is 17.7 Å². The average Bonchev–Trinajstić information content (AvgIpc) is 3.06. The Kier molecular flexibility index (Phi) is 5.82. The monoisotopic (exact) mass is 388 g/mol. The third-order valence-corrected chi connectivity index (χ3v) is 5.69. The Bertz CT molecular complexity index is 908. The lowest BCUT2D eigenvalue weighted by Crippen LogP contribution is -2.25. The van der Waals surface area contributed by atoms with Crippen LogP contribution < -0.4 is 14.4 Å². The van der Waals surface area contributed by atoms with Crippen LogP contribution in [0.3, 0.4) is 0 Å². The van der Waals surface area contributed by atoms with E-state index in [-0.39, 0.29) is 23.5 Å². The number of amides is 1. The van der Waals surface area contributed by atoms with Crippen LogP contribution in [0.5, 0.6) is 5.75 Å². The summed E-state index contributed by atoms with van der Waals surface area (Å²) >= 11 is 0. The van der Waals surface area contributed by atoms with Crippen molar-refractivity contribution in [2.75, 3.05) is 11.4 Å². The smallest absolute Gasteiger partial charge is 0.240 e. The second-order valence-corrected chi connectivity index (χ2v) is 8.55. The number of ether oxygens (including phenoxy) is 1.